The lowest BCUT2D eigenvalue weighted by molar-refractivity contribution is -0.146. The molecule has 0 aromatic carbocycles. The molecule has 3 unspecified atom stereocenters. The number of esters is 1. The number of carbonyl (C=O) groups is 2. The lowest BCUT2D eigenvalue weighted by atomic mass is 10.2. The van der Waals surface area contributed by atoms with E-state index in [2.05, 4.69) is 4.74 Å². The molecule has 104 valence electrons. The highest BCUT2D eigenvalue weighted by Gasteiger charge is 2.47. The summed E-state index contributed by atoms with van der Waals surface area (Å²) in [6, 6.07) is -1.60. The fourth-order valence-electron chi connectivity index (χ4n) is 1.94. The number of carbonyl (C=O) groups excluding carboxylic acids is 2. The first-order valence-electron chi connectivity index (χ1n) is 5.90. The van der Waals surface area contributed by atoms with Crippen molar-refractivity contribution in [1.29, 1.82) is 0 Å². The Labute approximate surface area is 106 Å². The Hall–Kier alpha value is -1.33. The molecule has 6 heteroatoms. The zero-order chi connectivity index (χ0) is 14.1. The molecule has 18 heavy (non-hydrogen) atoms. The molecule has 0 aromatic heterocycles. The van der Waals surface area contributed by atoms with Gasteiger partial charge in [0.05, 0.1) is 13.2 Å². The minimum absolute atomic E-state index is 0.0485. The predicted molar refractivity (Wildman–Crippen MR) is 62.9 cm³/mol. The second-order valence-corrected chi connectivity index (χ2v) is 5.42. The number of hydrogen-bond acceptors (Lipinski definition) is 4. The maximum absolute atomic E-state index is 13.6. The molecule has 0 bridgehead atoms. The molecule has 0 saturated carbocycles. The average molecular weight is 261 g/mol. The molecule has 0 aliphatic carbocycles. The van der Waals surface area contributed by atoms with Crippen molar-refractivity contribution in [2.75, 3.05) is 7.11 Å². The number of likely N-dealkylation sites (tertiary alicyclic amines) is 1. The molecule has 1 heterocycles. The molecule has 1 saturated heterocycles. The standard InChI is InChI=1S/C12H20FNO4/c1-7-8(13)6-9(10(15)17-5)14(7)11(16)18-12(2,3)4/h7-9H,6H2,1-5H3. The second kappa shape index (κ2) is 5.12. The highest BCUT2D eigenvalue weighted by Crippen LogP contribution is 2.29. The Bertz CT molecular complexity index is 339. The van der Waals surface area contributed by atoms with Crippen LogP contribution in [-0.2, 0) is 14.3 Å². The van der Waals surface area contributed by atoms with Gasteiger partial charge in [-0.25, -0.2) is 14.0 Å². The van der Waals surface area contributed by atoms with E-state index < -0.39 is 35.9 Å². The van der Waals surface area contributed by atoms with E-state index in [4.69, 9.17) is 4.74 Å². The van der Waals surface area contributed by atoms with Gasteiger partial charge in [0.2, 0.25) is 0 Å². The van der Waals surface area contributed by atoms with Crippen molar-refractivity contribution >= 4 is 12.1 Å². The largest absolute Gasteiger partial charge is 0.467 e. The van der Waals surface area contributed by atoms with E-state index in [-0.39, 0.29) is 6.42 Å². The number of alkyl halides is 1. The van der Waals surface area contributed by atoms with Crippen molar-refractivity contribution in [3.8, 4) is 0 Å². The number of halogens is 1. The number of rotatable bonds is 1. The Balaban J connectivity index is 2.88. The average Bonchev–Trinajstić information content (AvgIpc) is 2.52. The van der Waals surface area contributed by atoms with Gasteiger partial charge in [-0.3, -0.25) is 4.90 Å². The normalized spacial score (nSPS) is 28.1. The maximum atomic E-state index is 13.6. The third-order valence-electron chi connectivity index (χ3n) is 2.82. The first kappa shape index (κ1) is 14.7. The summed E-state index contributed by atoms with van der Waals surface area (Å²) in [7, 11) is 1.21. The van der Waals surface area contributed by atoms with Crippen molar-refractivity contribution in [3.05, 3.63) is 0 Å². The van der Waals surface area contributed by atoms with Gasteiger partial charge in [-0.1, -0.05) is 0 Å². The van der Waals surface area contributed by atoms with Gasteiger partial charge in [0.15, 0.2) is 0 Å². The topological polar surface area (TPSA) is 55.8 Å². The molecule has 1 aliphatic rings. The minimum Gasteiger partial charge on any atom is -0.467 e. The summed E-state index contributed by atoms with van der Waals surface area (Å²) >= 11 is 0. The summed E-state index contributed by atoms with van der Waals surface area (Å²) in [5, 5.41) is 0. The Morgan fingerprint density at radius 1 is 1.33 bits per heavy atom. The first-order valence-corrected chi connectivity index (χ1v) is 5.90. The van der Waals surface area contributed by atoms with Crippen LogP contribution >= 0.6 is 0 Å². The maximum Gasteiger partial charge on any atom is 0.411 e. The third kappa shape index (κ3) is 3.11. The summed E-state index contributed by atoms with van der Waals surface area (Å²) in [6.45, 7) is 6.70. The van der Waals surface area contributed by atoms with Crippen LogP contribution in [0.15, 0.2) is 0 Å². The van der Waals surface area contributed by atoms with Gasteiger partial charge in [0.25, 0.3) is 0 Å². The Morgan fingerprint density at radius 3 is 2.33 bits per heavy atom. The first-order chi connectivity index (χ1) is 8.17. The van der Waals surface area contributed by atoms with Gasteiger partial charge in [-0.15, -0.1) is 0 Å². The van der Waals surface area contributed by atoms with Crippen LogP contribution in [0.25, 0.3) is 0 Å². The van der Waals surface area contributed by atoms with E-state index in [0.29, 0.717) is 0 Å². The van der Waals surface area contributed by atoms with Crippen molar-refractivity contribution in [2.45, 2.75) is 58.0 Å². The highest BCUT2D eigenvalue weighted by molar-refractivity contribution is 5.82. The summed E-state index contributed by atoms with van der Waals surface area (Å²) in [6.07, 6.45) is -1.99. The van der Waals surface area contributed by atoms with E-state index in [0.717, 1.165) is 4.90 Å². The van der Waals surface area contributed by atoms with Crippen LogP contribution in [0.1, 0.15) is 34.1 Å². The lowest BCUT2D eigenvalue weighted by Gasteiger charge is -2.30. The zero-order valence-corrected chi connectivity index (χ0v) is 11.4. The van der Waals surface area contributed by atoms with Crippen molar-refractivity contribution in [1.82, 2.24) is 4.90 Å². The van der Waals surface area contributed by atoms with Crippen LogP contribution in [-0.4, -0.2) is 47.9 Å². The van der Waals surface area contributed by atoms with Crippen LogP contribution in [0.5, 0.6) is 0 Å². The van der Waals surface area contributed by atoms with Crippen LogP contribution in [0.3, 0.4) is 0 Å². The van der Waals surface area contributed by atoms with E-state index in [1.807, 2.05) is 0 Å². The minimum atomic E-state index is -1.25. The van der Waals surface area contributed by atoms with E-state index in [9.17, 15) is 14.0 Å². The zero-order valence-electron chi connectivity index (χ0n) is 11.4. The van der Waals surface area contributed by atoms with E-state index in [1.165, 1.54) is 7.11 Å². The molecular weight excluding hydrogens is 241 g/mol. The number of hydrogen-bond donors (Lipinski definition) is 0. The summed E-state index contributed by atoms with van der Waals surface area (Å²) in [4.78, 5) is 24.7. The molecular formula is C12H20FNO4. The van der Waals surface area contributed by atoms with Crippen molar-refractivity contribution in [2.24, 2.45) is 0 Å². The lowest BCUT2D eigenvalue weighted by Crippen LogP contribution is -2.47. The molecule has 0 N–H and O–H groups in total. The Morgan fingerprint density at radius 2 is 1.89 bits per heavy atom. The van der Waals surface area contributed by atoms with Crippen LogP contribution in [0.2, 0.25) is 0 Å². The molecule has 1 amide bonds. The monoisotopic (exact) mass is 261 g/mol. The predicted octanol–water partition coefficient (Wildman–Crippen LogP) is 1.90. The van der Waals surface area contributed by atoms with Gasteiger partial charge in [-0.2, -0.15) is 0 Å². The molecule has 0 aromatic rings. The summed E-state index contributed by atoms with van der Waals surface area (Å²) in [5.74, 6) is -0.618. The van der Waals surface area contributed by atoms with Gasteiger partial charge >= 0.3 is 12.1 Å². The molecule has 0 spiro atoms. The molecule has 0 radical (unpaired) electrons. The molecule has 5 nitrogen and oxygen atoms in total. The van der Waals surface area contributed by atoms with E-state index in [1.54, 1.807) is 27.7 Å². The fourth-order valence-corrected chi connectivity index (χ4v) is 1.94. The molecule has 3 atom stereocenters. The number of ether oxygens (including phenoxy) is 2. The smallest absolute Gasteiger partial charge is 0.411 e. The molecule has 1 fully saturated rings. The van der Waals surface area contributed by atoms with Crippen molar-refractivity contribution in [3.63, 3.8) is 0 Å². The molecule has 1 rings (SSSR count). The number of amides is 1. The summed E-state index contributed by atoms with van der Waals surface area (Å²) in [5.41, 5.74) is -0.689. The number of methoxy groups -OCH3 is 1. The fraction of sp³-hybridized carbons (Fsp3) is 0.833. The van der Waals surface area contributed by atoms with Gasteiger partial charge in [0.1, 0.15) is 17.8 Å². The van der Waals surface area contributed by atoms with Crippen LogP contribution in [0.4, 0.5) is 9.18 Å². The van der Waals surface area contributed by atoms with E-state index >= 15 is 0 Å². The van der Waals surface area contributed by atoms with Gasteiger partial charge < -0.3 is 9.47 Å². The second-order valence-electron chi connectivity index (χ2n) is 5.42. The van der Waals surface area contributed by atoms with Gasteiger partial charge in [0, 0.05) is 6.42 Å². The van der Waals surface area contributed by atoms with Crippen LogP contribution < -0.4 is 0 Å². The quantitative estimate of drug-likeness (QED) is 0.676. The number of nitrogens with zero attached hydrogens (tertiary/aromatic N) is 1. The van der Waals surface area contributed by atoms with Gasteiger partial charge in [-0.05, 0) is 27.7 Å². The highest BCUT2D eigenvalue weighted by atomic mass is 19.1. The van der Waals surface area contributed by atoms with Crippen LogP contribution in [0, 0.1) is 0 Å². The SMILES string of the molecule is COC(=O)C1CC(F)C(C)N1C(=O)OC(C)(C)C. The molecule has 1 aliphatic heterocycles. The van der Waals surface area contributed by atoms with Crippen molar-refractivity contribution < 1.29 is 23.5 Å². The Kier molecular flexibility index (Phi) is 4.19. The summed E-state index contributed by atoms with van der Waals surface area (Å²) < 4.78 is 23.4. The third-order valence-corrected chi connectivity index (χ3v) is 2.82.